The SMILES string of the molecule is O=C(Nc1ccccc1)N1CCC2(CN(Cc3ccc(-c4ccccc4)cc3)C2)C1. The molecule has 4 nitrogen and oxygen atoms in total. The highest BCUT2D eigenvalue weighted by Crippen LogP contribution is 2.40. The highest BCUT2D eigenvalue weighted by atomic mass is 16.2. The van der Waals surface area contributed by atoms with Gasteiger partial charge in [0.1, 0.15) is 0 Å². The predicted octanol–water partition coefficient (Wildman–Crippen LogP) is 5.09. The molecule has 0 bridgehead atoms. The van der Waals surface area contributed by atoms with Crippen molar-refractivity contribution in [2.24, 2.45) is 5.41 Å². The van der Waals surface area contributed by atoms with Gasteiger partial charge in [0.2, 0.25) is 0 Å². The van der Waals surface area contributed by atoms with Crippen LogP contribution in [0, 0.1) is 5.41 Å². The smallest absolute Gasteiger partial charge is 0.321 e. The lowest BCUT2D eigenvalue weighted by Crippen LogP contribution is -2.57. The van der Waals surface area contributed by atoms with Crippen LogP contribution in [-0.2, 0) is 6.54 Å². The van der Waals surface area contributed by atoms with Crippen LogP contribution < -0.4 is 5.32 Å². The van der Waals surface area contributed by atoms with E-state index in [2.05, 4.69) is 58.7 Å². The van der Waals surface area contributed by atoms with Crippen LogP contribution in [0.4, 0.5) is 10.5 Å². The summed E-state index contributed by atoms with van der Waals surface area (Å²) in [4.78, 5) is 17.0. The van der Waals surface area contributed by atoms with E-state index in [1.165, 1.54) is 16.7 Å². The second-order valence-corrected chi connectivity index (χ2v) is 8.68. The summed E-state index contributed by atoms with van der Waals surface area (Å²) in [5.74, 6) is 0. The second kappa shape index (κ2) is 7.96. The Balaban J connectivity index is 1.13. The molecular formula is C26H27N3O. The molecule has 0 aromatic heterocycles. The molecule has 3 aromatic carbocycles. The van der Waals surface area contributed by atoms with Crippen LogP contribution in [0.3, 0.4) is 0 Å². The zero-order valence-electron chi connectivity index (χ0n) is 17.1. The van der Waals surface area contributed by atoms with Crippen molar-refractivity contribution < 1.29 is 4.79 Å². The summed E-state index contributed by atoms with van der Waals surface area (Å²) in [5, 5.41) is 3.01. The number of nitrogens with zero attached hydrogens (tertiary/aromatic N) is 2. The van der Waals surface area contributed by atoms with Crippen LogP contribution in [0.25, 0.3) is 11.1 Å². The van der Waals surface area contributed by atoms with Crippen LogP contribution in [0.5, 0.6) is 0 Å². The maximum Gasteiger partial charge on any atom is 0.321 e. The monoisotopic (exact) mass is 397 g/mol. The second-order valence-electron chi connectivity index (χ2n) is 8.68. The molecule has 2 fully saturated rings. The molecule has 2 saturated heterocycles. The number of amides is 2. The first-order chi connectivity index (χ1) is 14.7. The van der Waals surface area contributed by atoms with E-state index in [1.54, 1.807) is 0 Å². The number of likely N-dealkylation sites (tertiary alicyclic amines) is 2. The molecule has 0 radical (unpaired) electrons. The predicted molar refractivity (Wildman–Crippen MR) is 121 cm³/mol. The topological polar surface area (TPSA) is 35.6 Å². The minimum Gasteiger partial charge on any atom is -0.324 e. The van der Waals surface area contributed by atoms with E-state index < -0.39 is 0 Å². The Morgan fingerprint density at radius 2 is 1.43 bits per heavy atom. The molecule has 2 heterocycles. The fourth-order valence-corrected chi connectivity index (χ4v) is 4.80. The fraction of sp³-hybridized carbons (Fsp3) is 0.269. The van der Waals surface area contributed by atoms with Gasteiger partial charge in [-0.25, -0.2) is 4.79 Å². The van der Waals surface area contributed by atoms with Crippen molar-refractivity contribution in [2.45, 2.75) is 13.0 Å². The number of hydrogen-bond acceptors (Lipinski definition) is 2. The summed E-state index contributed by atoms with van der Waals surface area (Å²) in [5.41, 5.74) is 5.00. The lowest BCUT2D eigenvalue weighted by atomic mass is 9.79. The molecule has 5 rings (SSSR count). The summed E-state index contributed by atoms with van der Waals surface area (Å²) in [6, 6.07) is 29.1. The van der Waals surface area contributed by atoms with Gasteiger partial charge in [-0.3, -0.25) is 4.90 Å². The third-order valence-electron chi connectivity index (χ3n) is 6.34. The highest BCUT2D eigenvalue weighted by molar-refractivity contribution is 5.89. The van der Waals surface area contributed by atoms with Crippen molar-refractivity contribution in [3.8, 4) is 11.1 Å². The van der Waals surface area contributed by atoms with Gasteiger partial charge in [0.05, 0.1) is 0 Å². The van der Waals surface area contributed by atoms with E-state index in [-0.39, 0.29) is 11.4 Å². The number of anilines is 1. The lowest BCUT2D eigenvalue weighted by molar-refractivity contribution is 0.00484. The molecule has 2 aliphatic rings. The number of hydrogen-bond donors (Lipinski definition) is 1. The van der Waals surface area contributed by atoms with Gasteiger partial charge in [0, 0.05) is 43.8 Å². The number of benzene rings is 3. The Hall–Kier alpha value is -3.11. The Bertz CT molecular complexity index is 995. The van der Waals surface area contributed by atoms with E-state index in [0.717, 1.165) is 44.8 Å². The van der Waals surface area contributed by atoms with Crippen LogP contribution in [-0.4, -0.2) is 42.0 Å². The van der Waals surface area contributed by atoms with Crippen LogP contribution in [0.2, 0.25) is 0 Å². The molecule has 0 saturated carbocycles. The van der Waals surface area contributed by atoms with Crippen LogP contribution in [0.15, 0.2) is 84.9 Å². The summed E-state index contributed by atoms with van der Waals surface area (Å²) >= 11 is 0. The summed E-state index contributed by atoms with van der Waals surface area (Å²) in [6.07, 6.45) is 1.10. The average Bonchev–Trinajstić information content (AvgIpc) is 3.21. The van der Waals surface area contributed by atoms with E-state index >= 15 is 0 Å². The van der Waals surface area contributed by atoms with Gasteiger partial charge in [0.25, 0.3) is 0 Å². The third-order valence-corrected chi connectivity index (χ3v) is 6.34. The van der Waals surface area contributed by atoms with Crippen molar-refractivity contribution in [3.63, 3.8) is 0 Å². The molecule has 0 aliphatic carbocycles. The molecule has 2 aliphatic heterocycles. The molecule has 2 amide bonds. The first-order valence-corrected chi connectivity index (χ1v) is 10.7. The third kappa shape index (κ3) is 3.96. The van der Waals surface area contributed by atoms with Gasteiger partial charge in [-0.2, -0.15) is 0 Å². The number of nitrogens with one attached hydrogen (secondary N) is 1. The zero-order chi connectivity index (χ0) is 20.4. The Kier molecular flexibility index (Phi) is 5.01. The molecule has 1 spiro atoms. The van der Waals surface area contributed by atoms with Gasteiger partial charge in [-0.1, -0.05) is 72.8 Å². The van der Waals surface area contributed by atoms with Crippen molar-refractivity contribution in [3.05, 3.63) is 90.5 Å². The number of carbonyl (C=O) groups excluding carboxylic acids is 1. The summed E-state index contributed by atoms with van der Waals surface area (Å²) in [6.45, 7) is 4.82. The van der Waals surface area contributed by atoms with Gasteiger partial charge in [-0.15, -0.1) is 0 Å². The molecule has 0 atom stereocenters. The number of carbonyl (C=O) groups is 1. The number of para-hydroxylation sites is 1. The Morgan fingerprint density at radius 1 is 0.800 bits per heavy atom. The molecule has 3 aromatic rings. The maximum absolute atomic E-state index is 12.6. The first-order valence-electron chi connectivity index (χ1n) is 10.7. The lowest BCUT2D eigenvalue weighted by Gasteiger charge is -2.48. The average molecular weight is 398 g/mol. The van der Waals surface area contributed by atoms with Gasteiger partial charge >= 0.3 is 6.03 Å². The molecule has 4 heteroatoms. The number of rotatable bonds is 4. The largest absolute Gasteiger partial charge is 0.324 e. The molecule has 1 N–H and O–H groups in total. The van der Waals surface area contributed by atoms with Crippen molar-refractivity contribution in [1.29, 1.82) is 0 Å². The van der Waals surface area contributed by atoms with Crippen LogP contribution >= 0.6 is 0 Å². The maximum atomic E-state index is 12.6. The molecule has 152 valence electrons. The number of urea groups is 1. The minimum atomic E-state index is 0.0213. The Labute approximate surface area is 178 Å². The molecule has 0 unspecified atom stereocenters. The van der Waals surface area contributed by atoms with Crippen molar-refractivity contribution >= 4 is 11.7 Å². The standard InChI is InChI=1S/C26H27N3O/c30-25(27-24-9-5-2-6-10-24)29-16-15-26(20-29)18-28(19-26)17-21-11-13-23(14-12-21)22-7-3-1-4-8-22/h1-14H,15-20H2,(H,27,30). The fourth-order valence-electron chi connectivity index (χ4n) is 4.80. The Morgan fingerprint density at radius 3 is 2.13 bits per heavy atom. The van der Waals surface area contributed by atoms with Crippen molar-refractivity contribution in [1.82, 2.24) is 9.80 Å². The molecular weight excluding hydrogens is 370 g/mol. The quantitative estimate of drug-likeness (QED) is 0.665. The van der Waals surface area contributed by atoms with Gasteiger partial charge in [0.15, 0.2) is 0 Å². The summed E-state index contributed by atoms with van der Waals surface area (Å²) in [7, 11) is 0. The van der Waals surface area contributed by atoms with E-state index in [9.17, 15) is 4.79 Å². The normalized spacial score (nSPS) is 17.7. The van der Waals surface area contributed by atoms with Gasteiger partial charge in [-0.05, 0) is 35.2 Å². The van der Waals surface area contributed by atoms with Gasteiger partial charge < -0.3 is 10.2 Å². The van der Waals surface area contributed by atoms with E-state index in [4.69, 9.17) is 0 Å². The highest BCUT2D eigenvalue weighted by Gasteiger charge is 2.48. The zero-order valence-corrected chi connectivity index (χ0v) is 17.1. The van der Waals surface area contributed by atoms with Crippen molar-refractivity contribution in [2.75, 3.05) is 31.5 Å². The first kappa shape index (κ1) is 18.9. The van der Waals surface area contributed by atoms with Crippen LogP contribution in [0.1, 0.15) is 12.0 Å². The molecule has 30 heavy (non-hydrogen) atoms. The van der Waals surface area contributed by atoms with E-state index in [1.807, 2.05) is 41.3 Å². The summed E-state index contributed by atoms with van der Waals surface area (Å²) < 4.78 is 0. The van der Waals surface area contributed by atoms with E-state index in [0.29, 0.717) is 0 Å². The minimum absolute atomic E-state index is 0.0213.